The summed E-state index contributed by atoms with van der Waals surface area (Å²) in [5.74, 6) is 2.40. The van der Waals surface area contributed by atoms with Crippen LogP contribution in [0.4, 0.5) is 0 Å². The summed E-state index contributed by atoms with van der Waals surface area (Å²) in [6.45, 7) is 7.55. The number of nitrogens with zero attached hydrogens (tertiary/aromatic N) is 4. The van der Waals surface area contributed by atoms with E-state index in [2.05, 4.69) is 62.7 Å². The van der Waals surface area contributed by atoms with Gasteiger partial charge in [0, 0.05) is 30.0 Å². The van der Waals surface area contributed by atoms with Gasteiger partial charge in [0.1, 0.15) is 24.0 Å². The van der Waals surface area contributed by atoms with Gasteiger partial charge in [0.05, 0.1) is 42.1 Å². The van der Waals surface area contributed by atoms with Crippen LogP contribution in [-0.4, -0.2) is 67.1 Å². The van der Waals surface area contributed by atoms with Crippen LogP contribution in [0.15, 0.2) is 48.7 Å². The highest BCUT2D eigenvalue weighted by Gasteiger charge is 2.32. The minimum Gasteiger partial charge on any atom is -0.488 e. The summed E-state index contributed by atoms with van der Waals surface area (Å²) in [7, 11) is 0. The van der Waals surface area contributed by atoms with Crippen LogP contribution in [-0.2, 0) is 27.5 Å². The average Bonchev–Trinajstić information content (AvgIpc) is 3.88. The number of imidazole rings is 2. The summed E-state index contributed by atoms with van der Waals surface area (Å²) in [5.41, 5.74) is 6.93. The second-order valence-electron chi connectivity index (χ2n) is 12.8. The van der Waals surface area contributed by atoms with Crippen LogP contribution in [0.25, 0.3) is 44.2 Å². The van der Waals surface area contributed by atoms with E-state index < -0.39 is 0 Å². The highest BCUT2D eigenvalue weighted by molar-refractivity contribution is 6.07. The molecule has 0 bridgehead atoms. The number of carbonyl (C=O) groups excluding carboxylic acids is 3. The number of amides is 3. The van der Waals surface area contributed by atoms with E-state index in [4.69, 9.17) is 9.72 Å². The number of fused-ring (bicyclic) bond motifs is 6. The van der Waals surface area contributed by atoms with Crippen molar-refractivity contribution in [1.29, 1.82) is 0 Å². The molecule has 0 saturated carbocycles. The van der Waals surface area contributed by atoms with E-state index in [-0.39, 0.29) is 30.4 Å². The Kier molecular flexibility index (Phi) is 8.60. The van der Waals surface area contributed by atoms with E-state index in [0.717, 1.165) is 93.6 Å². The minimum atomic E-state index is -0.153. The summed E-state index contributed by atoms with van der Waals surface area (Å²) in [4.78, 5) is 56.5. The Morgan fingerprint density at radius 3 is 2.83 bits per heavy atom. The third-order valence-electron chi connectivity index (χ3n) is 9.76. The highest BCUT2D eigenvalue weighted by Crippen LogP contribution is 2.43. The van der Waals surface area contributed by atoms with E-state index in [1.54, 1.807) is 11.1 Å². The molecule has 0 radical (unpaired) electrons. The number of rotatable bonds is 11. The van der Waals surface area contributed by atoms with E-state index in [1.165, 1.54) is 0 Å². The smallest absolute Gasteiger partial charge is 0.242 e. The average molecular weight is 648 g/mol. The van der Waals surface area contributed by atoms with Gasteiger partial charge in [0.15, 0.2) is 0 Å². The molecule has 5 aromatic rings. The van der Waals surface area contributed by atoms with Gasteiger partial charge >= 0.3 is 0 Å². The summed E-state index contributed by atoms with van der Waals surface area (Å²) in [6.07, 6.45) is 6.43. The fraction of sp³-hybridized carbons (Fsp3) is 0.378. The van der Waals surface area contributed by atoms with Crippen molar-refractivity contribution in [3.63, 3.8) is 0 Å². The first-order valence-corrected chi connectivity index (χ1v) is 16.9. The number of nitrogens with one attached hydrogen (secondary N) is 3. The van der Waals surface area contributed by atoms with Gasteiger partial charge in [-0.1, -0.05) is 32.0 Å². The first kappa shape index (κ1) is 31.4. The van der Waals surface area contributed by atoms with Crippen molar-refractivity contribution in [2.45, 2.75) is 78.1 Å². The van der Waals surface area contributed by atoms with Gasteiger partial charge in [0.25, 0.3) is 0 Å². The van der Waals surface area contributed by atoms with Crippen molar-refractivity contribution >= 4 is 40.0 Å². The number of ether oxygens (including phenoxy) is 1. The Morgan fingerprint density at radius 1 is 1.15 bits per heavy atom. The molecule has 1 fully saturated rings. The Morgan fingerprint density at radius 2 is 2.02 bits per heavy atom. The van der Waals surface area contributed by atoms with Crippen LogP contribution in [0.3, 0.4) is 0 Å². The van der Waals surface area contributed by atoms with Crippen LogP contribution < -0.4 is 10.1 Å². The van der Waals surface area contributed by atoms with Crippen molar-refractivity contribution in [3.05, 3.63) is 65.9 Å². The third kappa shape index (κ3) is 5.78. The predicted molar refractivity (Wildman–Crippen MR) is 184 cm³/mol. The molecule has 11 nitrogen and oxygen atoms in total. The molecule has 48 heavy (non-hydrogen) atoms. The predicted octanol–water partition coefficient (Wildman–Crippen LogP) is 6.00. The Labute approximate surface area is 279 Å². The molecule has 3 amide bonds. The molecule has 0 unspecified atom stereocenters. The molecule has 2 aliphatic rings. The normalized spacial score (nSPS) is 16.0. The molecule has 11 heteroatoms. The molecule has 7 rings (SSSR count). The van der Waals surface area contributed by atoms with Crippen LogP contribution in [0, 0.1) is 0 Å². The third-order valence-corrected chi connectivity index (χ3v) is 9.76. The maximum absolute atomic E-state index is 12.8. The monoisotopic (exact) mass is 647 g/mol. The summed E-state index contributed by atoms with van der Waals surface area (Å²) < 4.78 is 6.34. The fourth-order valence-electron chi connectivity index (χ4n) is 7.03. The SMILES string of the molecule is CCCC(=O)N1CCC[C@H]1c1nc2c(ccc3cc4c(cc32)OCc2cc(-c3cnc(CN(C(=O)CNC=O)[C@@H](C)CC)[nH]3)ccc2-4)[nH]1. The van der Waals surface area contributed by atoms with E-state index in [1.807, 2.05) is 25.7 Å². The lowest BCUT2D eigenvalue weighted by atomic mass is 9.92. The van der Waals surface area contributed by atoms with E-state index >= 15 is 0 Å². The van der Waals surface area contributed by atoms with Crippen LogP contribution in [0.5, 0.6) is 5.75 Å². The number of aromatic nitrogens is 4. The van der Waals surface area contributed by atoms with Crippen molar-refractivity contribution in [3.8, 4) is 28.1 Å². The van der Waals surface area contributed by atoms with Crippen LogP contribution in [0.1, 0.15) is 76.1 Å². The zero-order chi connectivity index (χ0) is 33.4. The molecule has 0 aliphatic carbocycles. The zero-order valence-corrected chi connectivity index (χ0v) is 27.6. The zero-order valence-electron chi connectivity index (χ0n) is 27.6. The first-order valence-electron chi connectivity index (χ1n) is 16.9. The topological polar surface area (TPSA) is 136 Å². The molecule has 3 aromatic carbocycles. The lowest BCUT2D eigenvalue weighted by Crippen LogP contribution is -2.42. The number of H-pyrrole nitrogens is 2. The van der Waals surface area contributed by atoms with Gasteiger partial charge in [-0.05, 0) is 78.9 Å². The highest BCUT2D eigenvalue weighted by atomic mass is 16.5. The molecule has 0 spiro atoms. The maximum atomic E-state index is 12.8. The molecule has 4 heterocycles. The molecule has 1 saturated heterocycles. The second-order valence-corrected chi connectivity index (χ2v) is 12.8. The van der Waals surface area contributed by atoms with Crippen LogP contribution >= 0.6 is 0 Å². The molecule has 2 atom stereocenters. The number of carbonyl (C=O) groups is 3. The maximum Gasteiger partial charge on any atom is 0.242 e. The number of hydrogen-bond donors (Lipinski definition) is 3. The summed E-state index contributed by atoms with van der Waals surface area (Å²) in [6, 6.07) is 14.8. The Balaban J connectivity index is 1.15. The van der Waals surface area contributed by atoms with E-state index in [0.29, 0.717) is 31.8 Å². The van der Waals surface area contributed by atoms with Crippen molar-refractivity contribution in [1.82, 2.24) is 35.1 Å². The van der Waals surface area contributed by atoms with Gasteiger partial charge in [-0.3, -0.25) is 14.4 Å². The molecular formula is C37H41N7O4. The fourth-order valence-corrected chi connectivity index (χ4v) is 7.03. The molecular weight excluding hydrogens is 606 g/mol. The van der Waals surface area contributed by atoms with Gasteiger partial charge in [-0.25, -0.2) is 9.97 Å². The quantitative estimate of drug-likeness (QED) is 0.151. The number of benzene rings is 3. The number of likely N-dealkylation sites (tertiary alicyclic amines) is 1. The molecule has 2 aromatic heterocycles. The number of aromatic amines is 2. The van der Waals surface area contributed by atoms with Gasteiger partial charge in [-0.2, -0.15) is 0 Å². The summed E-state index contributed by atoms with van der Waals surface area (Å²) in [5, 5.41) is 4.57. The molecule has 2 aliphatic heterocycles. The Bertz CT molecular complexity index is 2010. The lowest BCUT2D eigenvalue weighted by Gasteiger charge is -2.27. The second kappa shape index (κ2) is 13.1. The Hall–Kier alpha value is -5.19. The molecule has 3 N–H and O–H groups in total. The number of hydrogen-bond acceptors (Lipinski definition) is 6. The van der Waals surface area contributed by atoms with Gasteiger partial charge < -0.3 is 29.8 Å². The lowest BCUT2D eigenvalue weighted by molar-refractivity contribution is -0.134. The minimum absolute atomic E-state index is 0.00148. The molecule has 248 valence electrons. The summed E-state index contributed by atoms with van der Waals surface area (Å²) >= 11 is 0. The van der Waals surface area contributed by atoms with Crippen molar-refractivity contribution in [2.24, 2.45) is 0 Å². The largest absolute Gasteiger partial charge is 0.488 e. The van der Waals surface area contributed by atoms with Gasteiger partial charge in [-0.15, -0.1) is 0 Å². The van der Waals surface area contributed by atoms with Crippen LogP contribution in [0.2, 0.25) is 0 Å². The first-order chi connectivity index (χ1) is 23.4. The van der Waals surface area contributed by atoms with Gasteiger partial charge in [0.2, 0.25) is 18.2 Å². The van der Waals surface area contributed by atoms with Crippen molar-refractivity contribution < 1.29 is 19.1 Å². The standard InChI is InChI=1S/C37H41N7O4/c1-4-7-34(46)43-13-6-8-31(43)37-41-29-12-10-23-15-28-26-11-9-24(14-25(26)20-48-32(28)16-27(23)36(29)42-37)30-17-39-33(40-30)19-44(22(3)5-2)35(47)18-38-21-45/h9-12,14-17,21-22,31H,4-8,13,18-20H2,1-3H3,(H,38,45)(H,39,40)(H,41,42)/t22-,31-/m0/s1. The van der Waals surface area contributed by atoms with E-state index in [9.17, 15) is 14.4 Å². The van der Waals surface area contributed by atoms with Crippen molar-refractivity contribution in [2.75, 3.05) is 13.1 Å².